The SMILES string of the molecule is CCN1CCCC(CNC(=NC)NCc2ccccc2CN2CCOCC2)C1.I. The van der Waals surface area contributed by atoms with Gasteiger partial charge in [-0.25, -0.2) is 0 Å². The Morgan fingerprint density at radius 2 is 1.86 bits per heavy atom. The molecule has 0 aliphatic carbocycles. The first-order chi connectivity index (χ1) is 13.8. The van der Waals surface area contributed by atoms with Crippen molar-refractivity contribution in [3.63, 3.8) is 0 Å². The first-order valence-corrected chi connectivity index (χ1v) is 10.8. The third kappa shape index (κ3) is 8.03. The molecule has 2 aliphatic rings. The van der Waals surface area contributed by atoms with E-state index in [-0.39, 0.29) is 24.0 Å². The molecule has 0 radical (unpaired) electrons. The predicted molar refractivity (Wildman–Crippen MR) is 131 cm³/mol. The summed E-state index contributed by atoms with van der Waals surface area (Å²) in [4.78, 5) is 9.45. The quantitative estimate of drug-likeness (QED) is 0.332. The molecule has 164 valence electrons. The number of rotatable bonds is 7. The van der Waals surface area contributed by atoms with Crippen molar-refractivity contribution < 1.29 is 4.74 Å². The molecule has 0 saturated carbocycles. The van der Waals surface area contributed by atoms with Crippen molar-refractivity contribution in [2.45, 2.75) is 32.9 Å². The molecule has 3 rings (SSSR count). The maximum Gasteiger partial charge on any atom is 0.191 e. The molecule has 7 heteroatoms. The molecule has 1 aromatic carbocycles. The number of morpholine rings is 1. The highest BCUT2D eigenvalue weighted by molar-refractivity contribution is 14.0. The maximum absolute atomic E-state index is 5.47. The molecule has 0 bridgehead atoms. The summed E-state index contributed by atoms with van der Waals surface area (Å²) < 4.78 is 5.47. The van der Waals surface area contributed by atoms with Crippen molar-refractivity contribution in [3.05, 3.63) is 35.4 Å². The van der Waals surface area contributed by atoms with Gasteiger partial charge in [-0.05, 0) is 43.0 Å². The molecule has 2 aliphatic heterocycles. The van der Waals surface area contributed by atoms with Crippen LogP contribution in [0.3, 0.4) is 0 Å². The molecule has 1 unspecified atom stereocenters. The van der Waals surface area contributed by atoms with Crippen molar-refractivity contribution in [2.75, 3.05) is 59.5 Å². The second-order valence-electron chi connectivity index (χ2n) is 7.87. The van der Waals surface area contributed by atoms with Crippen LogP contribution < -0.4 is 10.6 Å². The lowest BCUT2D eigenvalue weighted by molar-refractivity contribution is 0.0341. The van der Waals surface area contributed by atoms with Gasteiger partial charge in [-0.3, -0.25) is 9.89 Å². The Morgan fingerprint density at radius 3 is 2.59 bits per heavy atom. The van der Waals surface area contributed by atoms with E-state index < -0.39 is 0 Å². The van der Waals surface area contributed by atoms with Crippen LogP contribution in [0.25, 0.3) is 0 Å². The van der Waals surface area contributed by atoms with Gasteiger partial charge in [-0.1, -0.05) is 31.2 Å². The summed E-state index contributed by atoms with van der Waals surface area (Å²) in [5.41, 5.74) is 2.73. The van der Waals surface area contributed by atoms with Gasteiger partial charge < -0.3 is 20.3 Å². The van der Waals surface area contributed by atoms with Crippen LogP contribution in [0.15, 0.2) is 29.3 Å². The van der Waals surface area contributed by atoms with Gasteiger partial charge in [0.2, 0.25) is 0 Å². The van der Waals surface area contributed by atoms with E-state index in [1.54, 1.807) is 0 Å². The molecule has 29 heavy (non-hydrogen) atoms. The average molecular weight is 515 g/mol. The van der Waals surface area contributed by atoms with Crippen LogP contribution in [0.2, 0.25) is 0 Å². The fourth-order valence-corrected chi connectivity index (χ4v) is 4.13. The van der Waals surface area contributed by atoms with E-state index in [1.807, 2.05) is 7.05 Å². The Labute approximate surface area is 193 Å². The van der Waals surface area contributed by atoms with Gasteiger partial charge in [0.05, 0.1) is 13.2 Å². The first kappa shape index (κ1) is 24.4. The Morgan fingerprint density at radius 1 is 1.10 bits per heavy atom. The zero-order valence-corrected chi connectivity index (χ0v) is 20.4. The van der Waals surface area contributed by atoms with Gasteiger partial charge in [-0.15, -0.1) is 24.0 Å². The van der Waals surface area contributed by atoms with Crippen molar-refractivity contribution in [2.24, 2.45) is 10.9 Å². The van der Waals surface area contributed by atoms with E-state index in [9.17, 15) is 0 Å². The molecule has 1 atom stereocenters. The smallest absolute Gasteiger partial charge is 0.191 e. The zero-order valence-electron chi connectivity index (χ0n) is 18.0. The Bertz CT molecular complexity index is 621. The summed E-state index contributed by atoms with van der Waals surface area (Å²) in [6.45, 7) is 12.3. The van der Waals surface area contributed by atoms with Crippen LogP contribution in [0, 0.1) is 5.92 Å². The number of benzene rings is 1. The number of piperidine rings is 1. The van der Waals surface area contributed by atoms with Crippen LogP contribution >= 0.6 is 24.0 Å². The first-order valence-electron chi connectivity index (χ1n) is 10.8. The minimum absolute atomic E-state index is 0. The molecule has 2 N–H and O–H groups in total. The van der Waals surface area contributed by atoms with Crippen molar-refractivity contribution >= 4 is 29.9 Å². The minimum Gasteiger partial charge on any atom is -0.379 e. The topological polar surface area (TPSA) is 52.1 Å². The number of likely N-dealkylation sites (tertiary alicyclic amines) is 1. The predicted octanol–water partition coefficient (Wildman–Crippen LogP) is 2.53. The van der Waals surface area contributed by atoms with Gasteiger partial charge in [0.25, 0.3) is 0 Å². The standard InChI is InChI=1S/C22H37N5O.HI/c1-3-26-10-6-7-19(17-26)15-24-22(23-2)25-16-20-8-4-5-9-21(20)18-27-11-13-28-14-12-27;/h4-5,8-9,19H,3,6-7,10-18H2,1-2H3,(H2,23,24,25);1H. The number of nitrogens with one attached hydrogen (secondary N) is 2. The van der Waals surface area contributed by atoms with Crippen LogP contribution in [-0.2, 0) is 17.8 Å². The summed E-state index contributed by atoms with van der Waals surface area (Å²) in [5.74, 6) is 1.61. The number of ether oxygens (including phenoxy) is 1. The summed E-state index contributed by atoms with van der Waals surface area (Å²) in [5, 5.41) is 7.05. The van der Waals surface area contributed by atoms with Crippen LogP contribution in [0.4, 0.5) is 0 Å². The van der Waals surface area contributed by atoms with E-state index in [0.29, 0.717) is 5.92 Å². The number of aliphatic imine (C=N–C) groups is 1. The van der Waals surface area contributed by atoms with E-state index in [2.05, 4.69) is 56.6 Å². The highest BCUT2D eigenvalue weighted by Crippen LogP contribution is 2.15. The van der Waals surface area contributed by atoms with E-state index in [0.717, 1.165) is 58.4 Å². The van der Waals surface area contributed by atoms with Crippen molar-refractivity contribution in [1.29, 1.82) is 0 Å². The molecular weight excluding hydrogens is 477 g/mol. The Balaban J connectivity index is 0.00000300. The molecule has 2 fully saturated rings. The highest BCUT2D eigenvalue weighted by Gasteiger charge is 2.19. The molecular formula is C22H38IN5O. The lowest BCUT2D eigenvalue weighted by Crippen LogP contribution is -2.44. The number of hydrogen-bond acceptors (Lipinski definition) is 4. The largest absolute Gasteiger partial charge is 0.379 e. The Hall–Kier alpha value is -0.900. The zero-order chi connectivity index (χ0) is 19.6. The fraction of sp³-hybridized carbons (Fsp3) is 0.682. The third-order valence-electron chi connectivity index (χ3n) is 5.89. The van der Waals surface area contributed by atoms with Crippen molar-refractivity contribution in [1.82, 2.24) is 20.4 Å². The van der Waals surface area contributed by atoms with Crippen LogP contribution in [0.1, 0.15) is 30.9 Å². The molecule has 2 heterocycles. The lowest BCUT2D eigenvalue weighted by atomic mass is 9.98. The maximum atomic E-state index is 5.47. The van der Waals surface area contributed by atoms with Crippen LogP contribution in [0.5, 0.6) is 0 Å². The fourth-order valence-electron chi connectivity index (χ4n) is 4.13. The summed E-state index contributed by atoms with van der Waals surface area (Å²) in [6, 6.07) is 8.71. The molecule has 0 amide bonds. The molecule has 0 spiro atoms. The van der Waals surface area contributed by atoms with E-state index in [1.165, 1.54) is 37.1 Å². The molecule has 0 aromatic heterocycles. The second kappa shape index (κ2) is 13.4. The highest BCUT2D eigenvalue weighted by atomic mass is 127. The second-order valence-corrected chi connectivity index (χ2v) is 7.87. The van der Waals surface area contributed by atoms with Gasteiger partial charge in [0.15, 0.2) is 5.96 Å². The minimum atomic E-state index is 0. The van der Waals surface area contributed by atoms with Crippen molar-refractivity contribution in [3.8, 4) is 0 Å². The van der Waals surface area contributed by atoms with Crippen LogP contribution in [-0.4, -0.2) is 75.3 Å². The monoisotopic (exact) mass is 515 g/mol. The summed E-state index contributed by atoms with van der Waals surface area (Å²) in [7, 11) is 1.86. The lowest BCUT2D eigenvalue weighted by Gasteiger charge is -2.32. The molecule has 1 aromatic rings. The number of guanidine groups is 1. The van der Waals surface area contributed by atoms with Gasteiger partial charge in [0, 0.05) is 46.3 Å². The molecule has 6 nitrogen and oxygen atoms in total. The molecule has 2 saturated heterocycles. The number of halogens is 1. The third-order valence-corrected chi connectivity index (χ3v) is 5.89. The Kier molecular flexibility index (Phi) is 11.3. The number of hydrogen-bond donors (Lipinski definition) is 2. The van der Waals surface area contributed by atoms with Gasteiger partial charge in [-0.2, -0.15) is 0 Å². The van der Waals surface area contributed by atoms with Gasteiger partial charge >= 0.3 is 0 Å². The van der Waals surface area contributed by atoms with E-state index in [4.69, 9.17) is 4.74 Å². The summed E-state index contributed by atoms with van der Waals surface area (Å²) in [6.07, 6.45) is 2.62. The average Bonchev–Trinajstić information content (AvgIpc) is 2.76. The van der Waals surface area contributed by atoms with E-state index >= 15 is 0 Å². The normalized spacial score (nSPS) is 21.4. The van der Waals surface area contributed by atoms with Gasteiger partial charge in [0.1, 0.15) is 0 Å². The summed E-state index contributed by atoms with van der Waals surface area (Å²) >= 11 is 0. The number of nitrogens with zero attached hydrogens (tertiary/aromatic N) is 3.